The fourth-order valence-electron chi connectivity index (χ4n) is 2.29. The van der Waals surface area contributed by atoms with Gasteiger partial charge >= 0.3 is 0 Å². The number of carbonyl (C=O) groups is 1. The van der Waals surface area contributed by atoms with Crippen LogP contribution in [-0.4, -0.2) is 19.5 Å². The van der Waals surface area contributed by atoms with Gasteiger partial charge in [-0.05, 0) is 29.7 Å². The van der Waals surface area contributed by atoms with E-state index in [9.17, 15) is 4.79 Å². The van der Waals surface area contributed by atoms with Crippen molar-refractivity contribution in [3.05, 3.63) is 60.2 Å². The molecule has 21 heavy (non-hydrogen) atoms. The van der Waals surface area contributed by atoms with Crippen LogP contribution in [0.2, 0.25) is 0 Å². The average Bonchev–Trinajstić information content (AvgIpc) is 2.48. The normalized spacial score (nSPS) is 10.5. The summed E-state index contributed by atoms with van der Waals surface area (Å²) in [6.45, 7) is 4.58. The number of likely N-dealkylation sites (N-methyl/N-ethyl adjacent to an activating group) is 1. The van der Waals surface area contributed by atoms with Crippen molar-refractivity contribution in [2.45, 2.75) is 19.8 Å². The molecule has 2 aromatic rings. The molecule has 0 saturated carbocycles. The van der Waals surface area contributed by atoms with Crippen LogP contribution in [0, 0.1) is 0 Å². The second-order valence-electron chi connectivity index (χ2n) is 5.48. The van der Waals surface area contributed by atoms with Crippen molar-refractivity contribution in [2.75, 3.05) is 23.8 Å². The molecule has 110 valence electrons. The van der Waals surface area contributed by atoms with Gasteiger partial charge < -0.3 is 10.2 Å². The first-order chi connectivity index (χ1) is 10.1. The van der Waals surface area contributed by atoms with Crippen molar-refractivity contribution >= 4 is 17.3 Å². The maximum Gasteiger partial charge on any atom is 0.243 e. The summed E-state index contributed by atoms with van der Waals surface area (Å²) in [5, 5.41) is 3.01. The highest BCUT2D eigenvalue weighted by atomic mass is 16.2. The first kappa shape index (κ1) is 15.1. The van der Waals surface area contributed by atoms with Crippen LogP contribution in [0.15, 0.2) is 54.6 Å². The highest BCUT2D eigenvalue weighted by molar-refractivity contribution is 5.94. The smallest absolute Gasteiger partial charge is 0.243 e. The van der Waals surface area contributed by atoms with E-state index < -0.39 is 0 Å². The zero-order valence-corrected chi connectivity index (χ0v) is 12.8. The largest absolute Gasteiger partial charge is 0.365 e. The van der Waals surface area contributed by atoms with Crippen molar-refractivity contribution in [1.82, 2.24) is 0 Å². The van der Waals surface area contributed by atoms with Gasteiger partial charge in [-0.2, -0.15) is 0 Å². The highest BCUT2D eigenvalue weighted by Gasteiger charge is 2.11. The minimum atomic E-state index is -0.00514. The maximum absolute atomic E-state index is 12.2. The standard InChI is InChI=1S/C18H22N2O/c1-14(2)16-11-7-8-12-17(16)19-18(21)13-20(3)15-9-5-4-6-10-15/h4-12,14H,13H2,1-3H3,(H,19,21). The van der Waals surface area contributed by atoms with Crippen LogP contribution in [-0.2, 0) is 4.79 Å². The molecule has 0 aromatic heterocycles. The molecule has 2 rings (SSSR count). The Kier molecular flexibility index (Phi) is 4.99. The first-order valence-corrected chi connectivity index (χ1v) is 7.23. The molecule has 0 spiro atoms. The molecule has 0 heterocycles. The van der Waals surface area contributed by atoms with E-state index in [1.54, 1.807) is 0 Å². The van der Waals surface area contributed by atoms with Crippen LogP contribution in [0.25, 0.3) is 0 Å². The molecule has 1 N–H and O–H groups in total. The summed E-state index contributed by atoms with van der Waals surface area (Å²) in [6, 6.07) is 17.9. The molecule has 0 unspecified atom stereocenters. The van der Waals surface area contributed by atoms with E-state index in [1.807, 2.05) is 60.5 Å². The molecule has 2 aromatic carbocycles. The Labute approximate surface area is 126 Å². The molecule has 0 bridgehead atoms. The Hall–Kier alpha value is -2.29. The Balaban J connectivity index is 2.02. The van der Waals surface area contributed by atoms with Gasteiger partial charge in [-0.15, -0.1) is 0 Å². The van der Waals surface area contributed by atoms with Gasteiger partial charge in [0.1, 0.15) is 0 Å². The highest BCUT2D eigenvalue weighted by Crippen LogP contribution is 2.23. The Morgan fingerprint density at radius 2 is 1.67 bits per heavy atom. The summed E-state index contributed by atoms with van der Waals surface area (Å²) in [4.78, 5) is 14.2. The van der Waals surface area contributed by atoms with Crippen LogP contribution >= 0.6 is 0 Å². The summed E-state index contributed by atoms with van der Waals surface area (Å²) in [5.41, 5.74) is 3.09. The second kappa shape index (κ2) is 6.93. The number of nitrogens with zero attached hydrogens (tertiary/aromatic N) is 1. The Morgan fingerprint density at radius 1 is 1.05 bits per heavy atom. The van der Waals surface area contributed by atoms with Gasteiger partial charge in [-0.3, -0.25) is 4.79 Å². The summed E-state index contributed by atoms with van der Waals surface area (Å²) in [5.74, 6) is 0.378. The van der Waals surface area contributed by atoms with Gasteiger partial charge in [0.05, 0.1) is 6.54 Å². The number of hydrogen-bond acceptors (Lipinski definition) is 2. The van der Waals surface area contributed by atoms with E-state index in [0.29, 0.717) is 12.5 Å². The number of benzene rings is 2. The maximum atomic E-state index is 12.2. The van der Waals surface area contributed by atoms with Gasteiger partial charge in [0.25, 0.3) is 0 Å². The number of rotatable bonds is 5. The third-order valence-corrected chi connectivity index (χ3v) is 3.43. The molecular weight excluding hydrogens is 260 g/mol. The number of anilines is 2. The van der Waals surface area contributed by atoms with E-state index in [0.717, 1.165) is 16.9 Å². The SMILES string of the molecule is CC(C)c1ccccc1NC(=O)CN(C)c1ccccc1. The van der Waals surface area contributed by atoms with Gasteiger partial charge in [0.2, 0.25) is 5.91 Å². The van der Waals surface area contributed by atoms with E-state index >= 15 is 0 Å². The van der Waals surface area contributed by atoms with E-state index in [4.69, 9.17) is 0 Å². The zero-order valence-electron chi connectivity index (χ0n) is 12.8. The minimum Gasteiger partial charge on any atom is -0.365 e. The lowest BCUT2D eigenvalue weighted by molar-refractivity contribution is -0.114. The summed E-state index contributed by atoms with van der Waals surface area (Å²) < 4.78 is 0. The second-order valence-corrected chi connectivity index (χ2v) is 5.48. The molecular formula is C18H22N2O. The molecule has 3 heteroatoms. The first-order valence-electron chi connectivity index (χ1n) is 7.23. The third-order valence-electron chi connectivity index (χ3n) is 3.43. The Morgan fingerprint density at radius 3 is 2.33 bits per heavy atom. The van der Waals surface area contributed by atoms with Crippen LogP contribution in [0.5, 0.6) is 0 Å². The van der Waals surface area contributed by atoms with Crippen molar-refractivity contribution in [2.24, 2.45) is 0 Å². The molecule has 0 aliphatic carbocycles. The summed E-state index contributed by atoms with van der Waals surface area (Å²) in [7, 11) is 1.92. The molecule has 0 saturated heterocycles. The van der Waals surface area contributed by atoms with E-state index in [2.05, 4.69) is 25.2 Å². The predicted octanol–water partition coefficient (Wildman–Crippen LogP) is 3.88. The van der Waals surface area contributed by atoms with Gasteiger partial charge in [-0.25, -0.2) is 0 Å². The monoisotopic (exact) mass is 282 g/mol. The lowest BCUT2D eigenvalue weighted by Gasteiger charge is -2.20. The van der Waals surface area contributed by atoms with Crippen LogP contribution in [0.4, 0.5) is 11.4 Å². The van der Waals surface area contributed by atoms with Crippen LogP contribution in [0.1, 0.15) is 25.3 Å². The number of para-hydroxylation sites is 2. The van der Waals surface area contributed by atoms with E-state index in [1.165, 1.54) is 0 Å². The predicted molar refractivity (Wildman–Crippen MR) is 88.9 cm³/mol. The lowest BCUT2D eigenvalue weighted by atomic mass is 10.0. The molecule has 1 amide bonds. The Bertz CT molecular complexity index is 593. The summed E-state index contributed by atoms with van der Waals surface area (Å²) in [6.07, 6.45) is 0. The molecule has 0 fully saturated rings. The molecule has 0 atom stereocenters. The van der Waals surface area contributed by atoms with Crippen LogP contribution in [0.3, 0.4) is 0 Å². The van der Waals surface area contributed by atoms with Gasteiger partial charge in [-0.1, -0.05) is 50.2 Å². The van der Waals surface area contributed by atoms with E-state index in [-0.39, 0.29) is 5.91 Å². The number of hydrogen-bond donors (Lipinski definition) is 1. The van der Waals surface area contributed by atoms with Crippen molar-refractivity contribution < 1.29 is 4.79 Å². The third kappa shape index (κ3) is 4.09. The topological polar surface area (TPSA) is 32.3 Å². The average molecular weight is 282 g/mol. The zero-order chi connectivity index (χ0) is 15.2. The number of carbonyl (C=O) groups excluding carboxylic acids is 1. The van der Waals surface area contributed by atoms with Gasteiger partial charge in [0.15, 0.2) is 0 Å². The lowest BCUT2D eigenvalue weighted by Crippen LogP contribution is -2.30. The fourth-order valence-corrected chi connectivity index (χ4v) is 2.29. The van der Waals surface area contributed by atoms with Crippen molar-refractivity contribution in [3.63, 3.8) is 0 Å². The van der Waals surface area contributed by atoms with Crippen LogP contribution < -0.4 is 10.2 Å². The van der Waals surface area contributed by atoms with Crippen molar-refractivity contribution in [3.8, 4) is 0 Å². The molecule has 0 aliphatic rings. The minimum absolute atomic E-state index is 0.00514. The number of nitrogens with one attached hydrogen (secondary N) is 1. The molecule has 0 aliphatic heterocycles. The van der Waals surface area contributed by atoms with Gasteiger partial charge in [0, 0.05) is 18.4 Å². The van der Waals surface area contributed by atoms with Crippen molar-refractivity contribution in [1.29, 1.82) is 0 Å². The summed E-state index contributed by atoms with van der Waals surface area (Å²) >= 11 is 0. The molecule has 3 nitrogen and oxygen atoms in total. The number of amides is 1. The fraction of sp³-hybridized carbons (Fsp3) is 0.278. The molecule has 0 radical (unpaired) electrons. The quantitative estimate of drug-likeness (QED) is 0.902.